The van der Waals surface area contributed by atoms with Gasteiger partial charge in [0.2, 0.25) is 5.70 Å². The Morgan fingerprint density at radius 3 is 2.00 bits per heavy atom. The molecule has 0 fully saturated rings. The molecule has 0 spiro atoms. The van der Waals surface area contributed by atoms with Crippen molar-refractivity contribution in [3.05, 3.63) is 95.8 Å². The smallest absolute Gasteiger partial charge is 0.238 e. The molecule has 2 aromatic carbocycles. The van der Waals surface area contributed by atoms with Crippen molar-refractivity contribution in [2.45, 2.75) is 26.7 Å². The lowest BCUT2D eigenvalue weighted by atomic mass is 10.0. The molecule has 0 amide bonds. The van der Waals surface area contributed by atoms with E-state index in [1.54, 1.807) is 4.57 Å². The molecule has 0 bridgehead atoms. The standard InChI is InChI=1S/C24H24N2OS/c1-3-18-14-11-15-19(4-2)21(18)25-24(28)22(26-16-9-6-10-17-26)23(27)20-12-7-5-8-13-20/h5-17H,3-4H2,1-2H3,(H-,25,27,28). The molecular formula is C24H24N2OS. The first kappa shape index (κ1) is 19.8. The predicted molar refractivity (Wildman–Crippen MR) is 118 cm³/mol. The summed E-state index contributed by atoms with van der Waals surface area (Å²) in [6.07, 6.45) is 5.46. The zero-order valence-electron chi connectivity index (χ0n) is 16.2. The summed E-state index contributed by atoms with van der Waals surface area (Å²) >= 11 is 5.74. The van der Waals surface area contributed by atoms with Crippen molar-refractivity contribution in [2.75, 3.05) is 5.32 Å². The lowest BCUT2D eigenvalue weighted by molar-refractivity contribution is -0.577. The summed E-state index contributed by atoms with van der Waals surface area (Å²) in [4.78, 5) is 0.417. The van der Waals surface area contributed by atoms with Gasteiger partial charge in [-0.05, 0) is 35.3 Å². The van der Waals surface area contributed by atoms with Crippen LogP contribution in [0.3, 0.4) is 0 Å². The Labute approximate surface area is 172 Å². The number of anilines is 1. The minimum atomic E-state index is -0.110. The van der Waals surface area contributed by atoms with E-state index >= 15 is 0 Å². The minimum absolute atomic E-state index is 0.110. The van der Waals surface area contributed by atoms with Crippen LogP contribution in [-0.4, -0.2) is 4.99 Å². The van der Waals surface area contributed by atoms with Gasteiger partial charge in [0.1, 0.15) is 0 Å². The normalized spacial score (nSPS) is 11.6. The maximum Gasteiger partial charge on any atom is 0.238 e. The maximum absolute atomic E-state index is 13.3. The molecule has 0 aliphatic rings. The van der Waals surface area contributed by atoms with Gasteiger partial charge < -0.3 is 10.4 Å². The van der Waals surface area contributed by atoms with Gasteiger partial charge in [-0.15, -0.1) is 0 Å². The first-order valence-corrected chi connectivity index (χ1v) is 9.92. The third kappa shape index (κ3) is 4.29. The Balaban J connectivity index is 2.09. The average molecular weight is 389 g/mol. The van der Waals surface area contributed by atoms with Crippen molar-refractivity contribution in [3.63, 3.8) is 0 Å². The molecule has 0 saturated carbocycles. The molecule has 0 radical (unpaired) electrons. The SMILES string of the molecule is CCc1cccc(CC)c1NC(=S)C(=C([O-])c1ccccc1)[n+]1ccccc1. The van der Waals surface area contributed by atoms with Crippen LogP contribution in [0.1, 0.15) is 30.5 Å². The van der Waals surface area contributed by atoms with Gasteiger partial charge in [-0.3, -0.25) is 0 Å². The molecule has 142 valence electrons. The molecule has 3 aromatic rings. The number of nitrogens with zero attached hydrogens (tertiary/aromatic N) is 1. The van der Waals surface area contributed by atoms with E-state index in [4.69, 9.17) is 12.2 Å². The van der Waals surface area contributed by atoms with Crippen molar-refractivity contribution in [1.82, 2.24) is 0 Å². The van der Waals surface area contributed by atoms with E-state index in [-0.39, 0.29) is 5.76 Å². The molecule has 3 nitrogen and oxygen atoms in total. The Morgan fingerprint density at radius 1 is 0.857 bits per heavy atom. The van der Waals surface area contributed by atoms with E-state index in [1.807, 2.05) is 60.9 Å². The summed E-state index contributed by atoms with van der Waals surface area (Å²) in [5.74, 6) is -0.110. The Morgan fingerprint density at radius 2 is 1.43 bits per heavy atom. The topological polar surface area (TPSA) is 39.0 Å². The fourth-order valence-corrected chi connectivity index (χ4v) is 3.49. The second kappa shape index (κ2) is 9.29. The van der Waals surface area contributed by atoms with Gasteiger partial charge in [-0.1, -0.05) is 80.7 Å². The van der Waals surface area contributed by atoms with Crippen molar-refractivity contribution < 1.29 is 9.67 Å². The molecule has 28 heavy (non-hydrogen) atoms. The van der Waals surface area contributed by atoms with E-state index in [9.17, 15) is 5.11 Å². The monoisotopic (exact) mass is 388 g/mol. The molecule has 4 heteroatoms. The summed E-state index contributed by atoms with van der Waals surface area (Å²) in [5, 5.41) is 16.7. The zero-order valence-corrected chi connectivity index (χ0v) is 17.0. The molecule has 1 aromatic heterocycles. The third-order valence-corrected chi connectivity index (χ3v) is 4.97. The van der Waals surface area contributed by atoms with Gasteiger partial charge in [0.15, 0.2) is 17.4 Å². The van der Waals surface area contributed by atoms with Crippen LogP contribution in [0, 0.1) is 0 Å². The summed E-state index contributed by atoms with van der Waals surface area (Å²) < 4.78 is 1.78. The first-order valence-electron chi connectivity index (χ1n) is 9.51. The highest BCUT2D eigenvalue weighted by atomic mass is 32.1. The summed E-state index contributed by atoms with van der Waals surface area (Å²) in [5.41, 5.74) is 4.43. The van der Waals surface area contributed by atoms with E-state index in [2.05, 4.69) is 37.4 Å². The Bertz CT molecular complexity index is 960. The van der Waals surface area contributed by atoms with E-state index in [1.165, 1.54) is 11.1 Å². The Hall–Kier alpha value is -2.98. The third-order valence-electron chi connectivity index (χ3n) is 4.68. The van der Waals surface area contributed by atoms with E-state index < -0.39 is 0 Å². The molecule has 0 aliphatic carbocycles. The van der Waals surface area contributed by atoms with Crippen LogP contribution in [0.5, 0.6) is 0 Å². The number of benzene rings is 2. The minimum Gasteiger partial charge on any atom is -0.867 e. The van der Waals surface area contributed by atoms with E-state index in [0.717, 1.165) is 18.5 Å². The number of thiocarbonyl (C=S) groups is 1. The van der Waals surface area contributed by atoms with Crippen molar-refractivity contribution in [3.8, 4) is 0 Å². The maximum atomic E-state index is 13.3. The zero-order chi connectivity index (χ0) is 19.9. The van der Waals surface area contributed by atoms with Crippen LogP contribution in [0.25, 0.3) is 11.5 Å². The quantitative estimate of drug-likeness (QED) is 0.297. The van der Waals surface area contributed by atoms with E-state index in [0.29, 0.717) is 16.2 Å². The van der Waals surface area contributed by atoms with Crippen molar-refractivity contribution >= 4 is 34.3 Å². The molecule has 0 saturated heterocycles. The number of pyridine rings is 1. The number of aromatic nitrogens is 1. The van der Waals surface area contributed by atoms with Crippen LogP contribution in [-0.2, 0) is 12.8 Å². The van der Waals surface area contributed by atoms with Gasteiger partial charge in [0.05, 0.1) is 0 Å². The van der Waals surface area contributed by atoms with Crippen LogP contribution >= 0.6 is 12.2 Å². The van der Waals surface area contributed by atoms with Crippen LogP contribution in [0.4, 0.5) is 5.69 Å². The number of rotatable bonds is 6. The lowest BCUT2D eigenvalue weighted by Crippen LogP contribution is -2.40. The van der Waals surface area contributed by atoms with Gasteiger partial charge >= 0.3 is 0 Å². The molecule has 1 N–H and O–H groups in total. The number of hydrogen-bond acceptors (Lipinski definition) is 2. The average Bonchev–Trinajstić information content (AvgIpc) is 2.75. The highest BCUT2D eigenvalue weighted by Gasteiger charge is 2.20. The molecule has 0 aliphatic heterocycles. The van der Waals surface area contributed by atoms with Gasteiger partial charge in [0, 0.05) is 17.8 Å². The van der Waals surface area contributed by atoms with Crippen molar-refractivity contribution in [2.24, 2.45) is 0 Å². The summed E-state index contributed by atoms with van der Waals surface area (Å²) in [6.45, 7) is 4.24. The number of nitrogens with one attached hydrogen (secondary N) is 1. The van der Waals surface area contributed by atoms with Gasteiger partial charge in [-0.2, -0.15) is 4.57 Å². The number of aryl methyl sites for hydroxylation is 2. The molecule has 0 unspecified atom stereocenters. The van der Waals surface area contributed by atoms with Crippen LogP contribution in [0.15, 0.2) is 79.1 Å². The molecular weight excluding hydrogens is 364 g/mol. The fraction of sp³-hybridized carbons (Fsp3) is 0.167. The second-order valence-electron chi connectivity index (χ2n) is 6.44. The van der Waals surface area contributed by atoms with Crippen LogP contribution in [0.2, 0.25) is 0 Å². The lowest BCUT2D eigenvalue weighted by Gasteiger charge is -2.19. The van der Waals surface area contributed by atoms with Crippen molar-refractivity contribution in [1.29, 1.82) is 0 Å². The second-order valence-corrected chi connectivity index (χ2v) is 6.85. The summed E-state index contributed by atoms with van der Waals surface area (Å²) in [7, 11) is 0. The number of para-hydroxylation sites is 1. The fourth-order valence-electron chi connectivity index (χ4n) is 3.19. The van der Waals surface area contributed by atoms with Gasteiger partial charge in [-0.25, -0.2) is 0 Å². The molecule has 0 atom stereocenters. The largest absolute Gasteiger partial charge is 0.867 e. The summed E-state index contributed by atoms with van der Waals surface area (Å²) in [6, 6.07) is 21.2. The Kier molecular flexibility index (Phi) is 6.56. The number of hydrogen-bond donors (Lipinski definition) is 1. The van der Waals surface area contributed by atoms with Crippen LogP contribution < -0.4 is 15.0 Å². The highest BCUT2D eigenvalue weighted by Crippen LogP contribution is 2.24. The molecule has 1 heterocycles. The highest BCUT2D eigenvalue weighted by molar-refractivity contribution is 7.81. The first-order chi connectivity index (χ1) is 13.7. The van der Waals surface area contributed by atoms with Gasteiger partial charge in [0.25, 0.3) is 0 Å². The molecule has 3 rings (SSSR count). The predicted octanol–water partition coefficient (Wildman–Crippen LogP) is 4.22.